The average Bonchev–Trinajstić information content (AvgIpc) is 2.00. The molecule has 0 radical (unpaired) electrons. The molecule has 1 nitrogen and oxygen atoms in total. The molecule has 0 aromatic carbocycles. The molecule has 0 aromatic rings. The molecule has 4 fully saturated rings. The molecule has 0 aromatic heterocycles. The van der Waals surface area contributed by atoms with Crippen LogP contribution in [0.25, 0.3) is 0 Å². The van der Waals surface area contributed by atoms with Gasteiger partial charge in [-0.3, -0.25) is 0 Å². The minimum Gasteiger partial charge on any atom is -0.328 e. The van der Waals surface area contributed by atoms with E-state index in [0.717, 1.165) is 29.6 Å². The summed E-state index contributed by atoms with van der Waals surface area (Å²) in [6.45, 7) is 2.23. The summed E-state index contributed by atoms with van der Waals surface area (Å²) in [4.78, 5) is 0. The van der Waals surface area contributed by atoms with E-state index in [1.165, 1.54) is 25.7 Å². The molecular formula is C12H21N. The highest BCUT2D eigenvalue weighted by molar-refractivity contribution is 5.00. The topological polar surface area (TPSA) is 26.0 Å². The van der Waals surface area contributed by atoms with Crippen LogP contribution in [0.2, 0.25) is 0 Å². The Hall–Kier alpha value is -0.0400. The quantitative estimate of drug-likeness (QED) is 0.657. The zero-order valence-electron chi connectivity index (χ0n) is 8.58. The van der Waals surface area contributed by atoms with Crippen molar-refractivity contribution in [1.82, 2.24) is 0 Å². The van der Waals surface area contributed by atoms with E-state index in [4.69, 9.17) is 5.73 Å². The van der Waals surface area contributed by atoms with Crippen LogP contribution < -0.4 is 5.73 Å². The van der Waals surface area contributed by atoms with Crippen LogP contribution in [0.15, 0.2) is 0 Å². The predicted octanol–water partition coefficient (Wildman–Crippen LogP) is 2.41. The Bertz CT molecular complexity index is 181. The fraction of sp³-hybridized carbons (Fsp3) is 1.00. The second-order valence-electron chi connectivity index (χ2n) is 5.87. The van der Waals surface area contributed by atoms with E-state index in [1.807, 2.05) is 0 Å². The van der Waals surface area contributed by atoms with Gasteiger partial charge in [-0.25, -0.2) is 0 Å². The van der Waals surface area contributed by atoms with Crippen molar-refractivity contribution in [3.05, 3.63) is 0 Å². The van der Waals surface area contributed by atoms with E-state index in [-0.39, 0.29) is 0 Å². The van der Waals surface area contributed by atoms with Crippen molar-refractivity contribution in [3.63, 3.8) is 0 Å². The van der Waals surface area contributed by atoms with Gasteiger partial charge < -0.3 is 5.73 Å². The van der Waals surface area contributed by atoms with Crippen LogP contribution in [0, 0.1) is 29.6 Å². The average molecular weight is 179 g/mol. The van der Waals surface area contributed by atoms with Gasteiger partial charge in [0, 0.05) is 6.04 Å². The largest absolute Gasteiger partial charge is 0.328 e. The Labute approximate surface area is 81.1 Å². The van der Waals surface area contributed by atoms with E-state index >= 15 is 0 Å². The minimum atomic E-state index is 0.454. The number of nitrogens with two attached hydrogens (primary N) is 1. The first kappa shape index (κ1) is 8.28. The van der Waals surface area contributed by atoms with Gasteiger partial charge >= 0.3 is 0 Å². The van der Waals surface area contributed by atoms with Gasteiger partial charge in [-0.05, 0) is 68.6 Å². The molecule has 1 atom stereocenters. The summed E-state index contributed by atoms with van der Waals surface area (Å²) in [5.41, 5.74) is 6.12. The second-order valence-corrected chi connectivity index (χ2v) is 5.87. The molecule has 4 saturated carbocycles. The van der Waals surface area contributed by atoms with E-state index in [9.17, 15) is 0 Å². The summed E-state index contributed by atoms with van der Waals surface area (Å²) in [6.07, 6.45) is 7.61. The molecule has 0 unspecified atom stereocenters. The van der Waals surface area contributed by atoms with Gasteiger partial charge in [0.05, 0.1) is 0 Å². The number of rotatable bonds is 1. The predicted molar refractivity (Wildman–Crippen MR) is 54.2 cm³/mol. The molecule has 4 bridgehead atoms. The van der Waals surface area contributed by atoms with Gasteiger partial charge in [0.15, 0.2) is 0 Å². The third-order valence-electron chi connectivity index (χ3n) is 4.91. The van der Waals surface area contributed by atoms with Gasteiger partial charge in [-0.2, -0.15) is 0 Å². The van der Waals surface area contributed by atoms with Crippen LogP contribution in [0.1, 0.15) is 39.0 Å². The first-order chi connectivity index (χ1) is 6.24. The van der Waals surface area contributed by atoms with Gasteiger partial charge in [0.1, 0.15) is 0 Å². The summed E-state index contributed by atoms with van der Waals surface area (Å²) in [5, 5.41) is 0. The van der Waals surface area contributed by atoms with Gasteiger partial charge in [0.2, 0.25) is 0 Å². The fourth-order valence-corrected chi connectivity index (χ4v) is 4.83. The Kier molecular flexibility index (Phi) is 1.74. The molecule has 4 rings (SSSR count). The molecule has 0 heterocycles. The smallest absolute Gasteiger partial charge is 0.00440 e. The van der Waals surface area contributed by atoms with Gasteiger partial charge in [0.25, 0.3) is 0 Å². The Balaban J connectivity index is 1.85. The summed E-state index contributed by atoms with van der Waals surface area (Å²) in [7, 11) is 0. The Morgan fingerprint density at radius 3 is 1.77 bits per heavy atom. The van der Waals surface area contributed by atoms with Crippen molar-refractivity contribution in [2.24, 2.45) is 35.3 Å². The minimum absolute atomic E-state index is 0.454. The lowest BCUT2D eigenvalue weighted by Crippen LogP contribution is -2.50. The molecule has 74 valence electrons. The standard InChI is InChI=1S/C12H21N/c1-7(13)12-10-3-8-2-9(5-10)6-11(12)4-8/h7-12H,2-6,13H2,1H3/t7-,8?,9?,10?,11?,12?/m1/s1. The molecule has 0 amide bonds. The van der Waals surface area contributed by atoms with Crippen molar-refractivity contribution in [2.75, 3.05) is 0 Å². The van der Waals surface area contributed by atoms with Crippen LogP contribution in [-0.4, -0.2) is 6.04 Å². The molecule has 0 aliphatic heterocycles. The number of hydrogen-bond acceptors (Lipinski definition) is 1. The lowest BCUT2D eigenvalue weighted by Gasteiger charge is -2.55. The van der Waals surface area contributed by atoms with E-state index in [2.05, 4.69) is 6.92 Å². The first-order valence-electron chi connectivity index (χ1n) is 5.99. The second kappa shape index (κ2) is 2.73. The van der Waals surface area contributed by atoms with Crippen LogP contribution in [0.4, 0.5) is 0 Å². The van der Waals surface area contributed by atoms with Crippen molar-refractivity contribution < 1.29 is 0 Å². The third kappa shape index (κ3) is 1.16. The fourth-order valence-electron chi connectivity index (χ4n) is 4.83. The normalized spacial score (nSPS) is 55.4. The first-order valence-corrected chi connectivity index (χ1v) is 5.99. The van der Waals surface area contributed by atoms with E-state index in [0.29, 0.717) is 6.04 Å². The number of hydrogen-bond donors (Lipinski definition) is 1. The SMILES string of the molecule is C[C@@H](N)C1C2CC3CC(C2)CC1C3. The molecule has 4 aliphatic rings. The van der Waals surface area contributed by atoms with Crippen molar-refractivity contribution in [1.29, 1.82) is 0 Å². The monoisotopic (exact) mass is 179 g/mol. The van der Waals surface area contributed by atoms with Crippen LogP contribution in [-0.2, 0) is 0 Å². The summed E-state index contributed by atoms with van der Waals surface area (Å²) in [6, 6.07) is 0.454. The molecule has 4 aliphatic carbocycles. The molecular weight excluding hydrogens is 158 g/mol. The zero-order valence-corrected chi connectivity index (χ0v) is 8.58. The van der Waals surface area contributed by atoms with E-state index < -0.39 is 0 Å². The van der Waals surface area contributed by atoms with Gasteiger partial charge in [-0.15, -0.1) is 0 Å². The molecule has 1 heteroatoms. The molecule has 2 N–H and O–H groups in total. The van der Waals surface area contributed by atoms with E-state index in [1.54, 1.807) is 6.42 Å². The maximum absolute atomic E-state index is 6.12. The highest BCUT2D eigenvalue weighted by Gasteiger charge is 2.48. The zero-order chi connectivity index (χ0) is 9.00. The van der Waals surface area contributed by atoms with Crippen molar-refractivity contribution in [2.45, 2.75) is 45.1 Å². The van der Waals surface area contributed by atoms with Gasteiger partial charge in [-0.1, -0.05) is 0 Å². The maximum Gasteiger partial charge on any atom is 0.00440 e. The van der Waals surface area contributed by atoms with Crippen LogP contribution in [0.5, 0.6) is 0 Å². The lowest BCUT2D eigenvalue weighted by molar-refractivity contribution is -0.0442. The summed E-state index contributed by atoms with van der Waals surface area (Å²) in [5.74, 6) is 5.09. The van der Waals surface area contributed by atoms with Crippen molar-refractivity contribution in [3.8, 4) is 0 Å². The Morgan fingerprint density at radius 2 is 1.38 bits per heavy atom. The van der Waals surface area contributed by atoms with Crippen molar-refractivity contribution >= 4 is 0 Å². The highest BCUT2D eigenvalue weighted by Crippen LogP contribution is 2.56. The molecule has 13 heavy (non-hydrogen) atoms. The summed E-state index contributed by atoms with van der Waals surface area (Å²) >= 11 is 0. The Morgan fingerprint density at radius 1 is 0.923 bits per heavy atom. The molecule has 0 saturated heterocycles. The molecule has 0 spiro atoms. The van der Waals surface area contributed by atoms with Crippen LogP contribution >= 0.6 is 0 Å². The lowest BCUT2D eigenvalue weighted by atomic mass is 9.51. The maximum atomic E-state index is 6.12. The highest BCUT2D eigenvalue weighted by atomic mass is 14.7. The summed E-state index contributed by atoms with van der Waals surface area (Å²) < 4.78 is 0. The van der Waals surface area contributed by atoms with Crippen LogP contribution in [0.3, 0.4) is 0 Å². The third-order valence-corrected chi connectivity index (χ3v) is 4.91.